The van der Waals surface area contributed by atoms with Crippen molar-refractivity contribution in [2.75, 3.05) is 14.2 Å². The number of amides is 2. The standard InChI is InChI=1S/C32H35N3O5/c1-5-22(2)30(36)33-31-34(3)28(29(35(31)32(37)38)20-24-11-15-26(39-4)16-12-24)19-23-13-17-27(18-14-23)40-21-25-9-7-6-8-10-25/h6-18,20,22,28H,5,19,21H2,1-4H3,(H,37,38)/b29-20-,33-31-. The van der Waals surface area contributed by atoms with Crippen LogP contribution in [-0.2, 0) is 17.8 Å². The highest BCUT2D eigenvalue weighted by Crippen LogP contribution is 2.31. The molecule has 1 fully saturated rings. The van der Waals surface area contributed by atoms with Crippen molar-refractivity contribution in [3.8, 4) is 11.5 Å². The van der Waals surface area contributed by atoms with E-state index >= 15 is 0 Å². The van der Waals surface area contributed by atoms with E-state index in [0.29, 0.717) is 30.9 Å². The molecule has 4 rings (SSSR count). The van der Waals surface area contributed by atoms with E-state index in [0.717, 1.165) is 27.3 Å². The first-order valence-electron chi connectivity index (χ1n) is 13.3. The maximum Gasteiger partial charge on any atom is 0.418 e. The van der Waals surface area contributed by atoms with Crippen molar-refractivity contribution < 1.29 is 24.2 Å². The summed E-state index contributed by atoms with van der Waals surface area (Å²) in [6.45, 7) is 4.17. The Labute approximate surface area is 235 Å². The zero-order valence-corrected chi connectivity index (χ0v) is 23.3. The Balaban J connectivity index is 1.64. The van der Waals surface area contributed by atoms with E-state index in [1.54, 1.807) is 26.0 Å². The van der Waals surface area contributed by atoms with Crippen LogP contribution in [0.3, 0.4) is 0 Å². The Morgan fingerprint density at radius 1 is 0.975 bits per heavy atom. The molecular weight excluding hydrogens is 506 g/mol. The fraction of sp³-hybridized carbons (Fsp3) is 0.281. The van der Waals surface area contributed by atoms with Crippen molar-refractivity contribution in [3.63, 3.8) is 0 Å². The van der Waals surface area contributed by atoms with Crippen LogP contribution in [0.4, 0.5) is 4.79 Å². The molecule has 0 bridgehead atoms. The van der Waals surface area contributed by atoms with E-state index in [1.807, 2.05) is 91.9 Å². The number of carboxylic acid groups (broad SMARTS) is 1. The Morgan fingerprint density at radius 3 is 2.23 bits per heavy atom. The van der Waals surface area contributed by atoms with Crippen LogP contribution in [-0.4, -0.2) is 53.1 Å². The largest absolute Gasteiger partial charge is 0.497 e. The van der Waals surface area contributed by atoms with Gasteiger partial charge in [0.1, 0.15) is 18.1 Å². The summed E-state index contributed by atoms with van der Waals surface area (Å²) < 4.78 is 11.2. The number of ether oxygens (including phenoxy) is 2. The van der Waals surface area contributed by atoms with Crippen LogP contribution in [0.2, 0.25) is 0 Å². The normalized spacial score (nSPS) is 17.8. The summed E-state index contributed by atoms with van der Waals surface area (Å²) in [6.07, 6.45) is 1.73. The maximum absolute atomic E-state index is 12.8. The van der Waals surface area contributed by atoms with E-state index in [-0.39, 0.29) is 23.8 Å². The SMILES string of the molecule is CCC(C)C(=O)/N=C1\N(C(=O)O)/C(=C\c2ccc(OC)cc2)C(Cc2ccc(OCc3ccccc3)cc2)N1C. The highest BCUT2D eigenvalue weighted by Gasteiger charge is 2.42. The Kier molecular flexibility index (Phi) is 9.22. The minimum absolute atomic E-state index is 0.102. The number of carbonyl (C=O) groups is 2. The van der Waals surface area contributed by atoms with Gasteiger partial charge in [-0.1, -0.05) is 68.4 Å². The molecule has 2 atom stereocenters. The van der Waals surface area contributed by atoms with Crippen LogP contribution in [0.15, 0.2) is 89.6 Å². The predicted molar refractivity (Wildman–Crippen MR) is 155 cm³/mol. The number of carbonyl (C=O) groups excluding carboxylic acids is 1. The van der Waals surface area contributed by atoms with Crippen LogP contribution in [0.1, 0.15) is 37.0 Å². The van der Waals surface area contributed by atoms with Gasteiger partial charge in [-0.2, -0.15) is 4.99 Å². The molecule has 40 heavy (non-hydrogen) atoms. The van der Waals surface area contributed by atoms with Crippen molar-refractivity contribution in [3.05, 3.63) is 101 Å². The molecule has 2 amide bonds. The number of hydrogen-bond acceptors (Lipinski definition) is 4. The van der Waals surface area contributed by atoms with Gasteiger partial charge in [-0.05, 0) is 59.9 Å². The molecule has 0 spiro atoms. The zero-order chi connectivity index (χ0) is 28.6. The van der Waals surface area contributed by atoms with Gasteiger partial charge in [-0.15, -0.1) is 0 Å². The quantitative estimate of drug-likeness (QED) is 0.353. The molecule has 1 saturated heterocycles. The molecule has 208 valence electrons. The third kappa shape index (κ3) is 6.69. The second-order valence-corrected chi connectivity index (χ2v) is 9.77. The van der Waals surface area contributed by atoms with Crippen LogP contribution in [0.5, 0.6) is 11.5 Å². The van der Waals surface area contributed by atoms with Crippen molar-refractivity contribution in [2.45, 2.75) is 39.3 Å². The number of benzene rings is 3. The van der Waals surface area contributed by atoms with Crippen molar-refractivity contribution in [1.82, 2.24) is 9.80 Å². The Bertz CT molecular complexity index is 1370. The van der Waals surface area contributed by atoms with Gasteiger partial charge >= 0.3 is 6.09 Å². The third-order valence-electron chi connectivity index (χ3n) is 7.05. The Morgan fingerprint density at radius 2 is 1.62 bits per heavy atom. The monoisotopic (exact) mass is 541 g/mol. The van der Waals surface area contributed by atoms with Crippen LogP contribution in [0, 0.1) is 5.92 Å². The van der Waals surface area contributed by atoms with E-state index in [4.69, 9.17) is 9.47 Å². The average molecular weight is 542 g/mol. The summed E-state index contributed by atoms with van der Waals surface area (Å²) in [5, 5.41) is 10.2. The van der Waals surface area contributed by atoms with Gasteiger partial charge in [0.05, 0.1) is 18.8 Å². The second kappa shape index (κ2) is 13.0. The van der Waals surface area contributed by atoms with Gasteiger partial charge in [0.15, 0.2) is 0 Å². The fourth-order valence-corrected chi connectivity index (χ4v) is 4.43. The molecule has 3 aromatic rings. The average Bonchev–Trinajstić information content (AvgIpc) is 3.22. The number of aliphatic imine (C=N–C) groups is 1. The van der Waals surface area contributed by atoms with Gasteiger partial charge in [0, 0.05) is 13.0 Å². The lowest BCUT2D eigenvalue weighted by molar-refractivity contribution is -0.121. The molecule has 1 N–H and O–H groups in total. The lowest BCUT2D eigenvalue weighted by Gasteiger charge is -2.21. The summed E-state index contributed by atoms with van der Waals surface area (Å²) in [5.41, 5.74) is 3.39. The molecular formula is C32H35N3O5. The van der Waals surface area contributed by atoms with Crippen molar-refractivity contribution in [2.24, 2.45) is 10.9 Å². The molecule has 1 heterocycles. The fourth-order valence-electron chi connectivity index (χ4n) is 4.43. The van der Waals surface area contributed by atoms with Crippen molar-refractivity contribution in [1.29, 1.82) is 0 Å². The van der Waals surface area contributed by atoms with Gasteiger partial charge in [-0.3, -0.25) is 4.79 Å². The summed E-state index contributed by atoms with van der Waals surface area (Å²) >= 11 is 0. The number of likely N-dealkylation sites (N-methyl/N-ethyl adjacent to an activating group) is 1. The van der Waals surface area contributed by atoms with Gasteiger partial charge in [0.2, 0.25) is 5.96 Å². The number of hydrogen-bond donors (Lipinski definition) is 1. The van der Waals surface area contributed by atoms with Crippen LogP contribution >= 0.6 is 0 Å². The molecule has 0 aromatic heterocycles. The summed E-state index contributed by atoms with van der Waals surface area (Å²) in [6, 6.07) is 24.7. The minimum atomic E-state index is -1.20. The molecule has 8 heteroatoms. The van der Waals surface area contributed by atoms with E-state index in [9.17, 15) is 14.7 Å². The molecule has 8 nitrogen and oxygen atoms in total. The highest BCUT2D eigenvalue weighted by atomic mass is 16.5. The molecule has 0 saturated carbocycles. The minimum Gasteiger partial charge on any atom is -0.497 e. The number of nitrogens with zero attached hydrogens (tertiary/aromatic N) is 3. The topological polar surface area (TPSA) is 91.7 Å². The predicted octanol–water partition coefficient (Wildman–Crippen LogP) is 6.08. The Hall–Kier alpha value is -4.59. The highest BCUT2D eigenvalue weighted by molar-refractivity contribution is 6.04. The van der Waals surface area contributed by atoms with Gasteiger partial charge in [0.25, 0.3) is 5.91 Å². The zero-order valence-electron chi connectivity index (χ0n) is 23.3. The van der Waals surface area contributed by atoms with E-state index in [1.165, 1.54) is 0 Å². The molecule has 0 radical (unpaired) electrons. The smallest absolute Gasteiger partial charge is 0.418 e. The number of guanidine groups is 1. The maximum atomic E-state index is 12.8. The number of methoxy groups -OCH3 is 1. The van der Waals surface area contributed by atoms with Crippen LogP contribution in [0.25, 0.3) is 6.08 Å². The molecule has 1 aliphatic rings. The lowest BCUT2D eigenvalue weighted by atomic mass is 10.0. The second-order valence-electron chi connectivity index (χ2n) is 9.77. The lowest BCUT2D eigenvalue weighted by Crippen LogP contribution is -2.37. The third-order valence-corrected chi connectivity index (χ3v) is 7.05. The molecule has 1 aliphatic heterocycles. The first-order valence-corrected chi connectivity index (χ1v) is 13.3. The summed E-state index contributed by atoms with van der Waals surface area (Å²) in [4.78, 5) is 32.5. The summed E-state index contributed by atoms with van der Waals surface area (Å²) in [7, 11) is 3.37. The van der Waals surface area contributed by atoms with Crippen molar-refractivity contribution >= 4 is 24.0 Å². The van der Waals surface area contributed by atoms with Gasteiger partial charge < -0.3 is 19.5 Å². The number of rotatable bonds is 9. The molecule has 3 aromatic carbocycles. The first-order chi connectivity index (χ1) is 19.3. The first kappa shape index (κ1) is 28.4. The summed E-state index contributed by atoms with van der Waals surface area (Å²) in [5.74, 6) is 0.890. The molecule has 2 unspecified atom stereocenters. The van der Waals surface area contributed by atoms with Gasteiger partial charge in [-0.25, -0.2) is 9.69 Å². The van der Waals surface area contributed by atoms with E-state index < -0.39 is 6.09 Å². The van der Waals surface area contributed by atoms with E-state index in [2.05, 4.69) is 4.99 Å². The molecule has 0 aliphatic carbocycles. The van der Waals surface area contributed by atoms with Crippen LogP contribution < -0.4 is 9.47 Å².